The van der Waals surface area contributed by atoms with E-state index < -0.39 is 27.2 Å². The summed E-state index contributed by atoms with van der Waals surface area (Å²) in [6, 6.07) is 24.8. The molecule has 1 aliphatic heterocycles. The zero-order valence-corrected chi connectivity index (χ0v) is 22.7. The van der Waals surface area contributed by atoms with Gasteiger partial charge in [-0.2, -0.15) is 0 Å². The number of hydrogen-bond donors (Lipinski definition) is 0. The van der Waals surface area contributed by atoms with E-state index in [0.29, 0.717) is 31.0 Å². The summed E-state index contributed by atoms with van der Waals surface area (Å²) in [5.41, 5.74) is 1.20. The number of hydrogen-bond acceptors (Lipinski definition) is 2. The molecule has 1 aliphatic rings. The molecule has 0 fully saturated rings. The molecule has 0 atom stereocenters. The second-order valence-electron chi connectivity index (χ2n) is 8.45. The third-order valence-corrected chi connectivity index (χ3v) is 10.1. The molecule has 0 saturated carbocycles. The summed E-state index contributed by atoms with van der Waals surface area (Å²) in [5, 5.41) is 0.357. The minimum absolute atomic E-state index is 0.0822. The summed E-state index contributed by atoms with van der Waals surface area (Å²) in [4.78, 5) is 0.0822. The number of benzene rings is 4. The van der Waals surface area contributed by atoms with Crippen LogP contribution < -0.4 is 4.31 Å². The van der Waals surface area contributed by atoms with Crippen LogP contribution in [-0.4, -0.2) is 8.42 Å². The molecule has 0 spiro atoms. The zero-order valence-electron chi connectivity index (χ0n) is 18.9. The van der Waals surface area contributed by atoms with Gasteiger partial charge in [0.2, 0.25) is 0 Å². The van der Waals surface area contributed by atoms with Crippen molar-refractivity contribution in [3.05, 3.63) is 135 Å². The van der Waals surface area contributed by atoms with Crippen LogP contribution in [0.1, 0.15) is 22.3 Å². The van der Waals surface area contributed by atoms with E-state index in [0.717, 1.165) is 5.56 Å². The van der Waals surface area contributed by atoms with Crippen molar-refractivity contribution < 1.29 is 17.2 Å². The first kappa shape index (κ1) is 24.9. The molecule has 0 unspecified atom stereocenters. The monoisotopic (exact) mass is 633 g/mol. The molecule has 0 radical (unpaired) electrons. The normalized spacial score (nSPS) is 15.1. The highest BCUT2D eigenvalue weighted by molar-refractivity contribution is 14.1. The van der Waals surface area contributed by atoms with Gasteiger partial charge in [-0.05, 0) is 83.1 Å². The molecule has 0 amide bonds. The van der Waals surface area contributed by atoms with Gasteiger partial charge in [-0.1, -0.05) is 71.8 Å². The Hall–Kier alpha value is -2.75. The van der Waals surface area contributed by atoms with Gasteiger partial charge in [0.05, 0.1) is 15.6 Å². The molecule has 182 valence electrons. The predicted octanol–water partition coefficient (Wildman–Crippen LogP) is 7.77. The third-order valence-electron chi connectivity index (χ3n) is 6.26. The second kappa shape index (κ2) is 9.28. The van der Waals surface area contributed by atoms with Crippen molar-refractivity contribution in [3.63, 3.8) is 0 Å². The summed E-state index contributed by atoms with van der Waals surface area (Å²) in [6.07, 6.45) is 0. The highest BCUT2D eigenvalue weighted by atomic mass is 127. The van der Waals surface area contributed by atoms with Crippen molar-refractivity contribution in [3.8, 4) is 0 Å². The van der Waals surface area contributed by atoms with Gasteiger partial charge in [-0.15, -0.1) is 0 Å². The molecule has 4 aromatic carbocycles. The van der Waals surface area contributed by atoms with Crippen molar-refractivity contribution in [2.75, 3.05) is 4.31 Å². The molecule has 4 aromatic rings. The number of nitrogens with zero attached hydrogens (tertiary/aromatic N) is 1. The predicted molar refractivity (Wildman–Crippen MR) is 148 cm³/mol. The van der Waals surface area contributed by atoms with E-state index in [1.165, 1.54) is 52.8 Å². The molecule has 0 aromatic heterocycles. The lowest BCUT2D eigenvalue weighted by Gasteiger charge is -2.48. The van der Waals surface area contributed by atoms with Crippen LogP contribution in [0.15, 0.2) is 106 Å². The van der Waals surface area contributed by atoms with Gasteiger partial charge >= 0.3 is 0 Å². The first-order valence-electron chi connectivity index (χ1n) is 11.0. The van der Waals surface area contributed by atoms with Crippen LogP contribution in [0.4, 0.5) is 14.5 Å². The fraction of sp³-hybridized carbons (Fsp3) is 0.0714. The minimum atomic E-state index is -4.22. The summed E-state index contributed by atoms with van der Waals surface area (Å²) < 4.78 is 59.0. The lowest BCUT2D eigenvalue weighted by molar-refractivity contribution is 0.563. The summed E-state index contributed by atoms with van der Waals surface area (Å²) in [5.74, 6) is -0.940. The Bertz CT molecular complexity index is 1540. The summed E-state index contributed by atoms with van der Waals surface area (Å²) in [6.45, 7) is 1.87. The molecule has 0 aliphatic carbocycles. The zero-order chi connectivity index (χ0) is 25.7. The van der Waals surface area contributed by atoms with Crippen molar-refractivity contribution in [1.29, 1.82) is 0 Å². The molecular formula is C28H19ClF2INO2S. The van der Waals surface area contributed by atoms with Gasteiger partial charge in [-0.3, -0.25) is 0 Å². The number of sulfonamides is 1. The molecule has 0 N–H and O–H groups in total. The fourth-order valence-electron chi connectivity index (χ4n) is 4.55. The topological polar surface area (TPSA) is 37.4 Å². The molecule has 5 rings (SSSR count). The molecule has 8 heteroatoms. The Morgan fingerprint density at radius 2 is 1.28 bits per heavy atom. The van der Waals surface area contributed by atoms with Gasteiger partial charge in [0.25, 0.3) is 10.0 Å². The van der Waals surface area contributed by atoms with Crippen molar-refractivity contribution in [1.82, 2.24) is 0 Å². The van der Waals surface area contributed by atoms with Crippen molar-refractivity contribution in [2.45, 2.75) is 17.4 Å². The highest BCUT2D eigenvalue weighted by Gasteiger charge is 2.53. The van der Waals surface area contributed by atoms with Gasteiger partial charge in [-0.25, -0.2) is 21.5 Å². The largest absolute Gasteiger partial charge is 0.265 e. The van der Waals surface area contributed by atoms with E-state index in [1.807, 2.05) is 6.92 Å². The molecule has 3 nitrogen and oxygen atoms in total. The smallest absolute Gasteiger partial charge is 0.246 e. The number of para-hydroxylation sites is 1. The van der Waals surface area contributed by atoms with Crippen molar-refractivity contribution in [2.24, 2.45) is 0 Å². The first-order valence-corrected chi connectivity index (χ1v) is 13.9. The minimum Gasteiger partial charge on any atom is -0.246 e. The molecule has 0 bridgehead atoms. The maximum Gasteiger partial charge on any atom is 0.265 e. The van der Waals surface area contributed by atoms with Gasteiger partial charge in [0, 0.05) is 9.14 Å². The molecule has 1 heterocycles. The number of rotatable bonds is 4. The van der Waals surface area contributed by atoms with E-state index in [9.17, 15) is 17.2 Å². The van der Waals surface area contributed by atoms with Crippen LogP contribution in [0.3, 0.4) is 0 Å². The lowest BCUT2D eigenvalue weighted by Crippen LogP contribution is -2.53. The Morgan fingerprint density at radius 1 is 0.778 bits per heavy atom. The van der Waals surface area contributed by atoms with Gasteiger partial charge in [0.15, 0.2) is 0 Å². The van der Waals surface area contributed by atoms with E-state index in [1.54, 1.807) is 48.5 Å². The lowest BCUT2D eigenvalue weighted by atomic mass is 9.79. The van der Waals surface area contributed by atoms with Crippen molar-refractivity contribution >= 4 is 54.9 Å². The maximum absolute atomic E-state index is 14.5. The van der Waals surface area contributed by atoms with Gasteiger partial charge in [0.1, 0.15) is 17.2 Å². The average molecular weight is 634 g/mol. The van der Waals surface area contributed by atoms with Crippen LogP contribution in [0, 0.1) is 18.6 Å². The quantitative estimate of drug-likeness (QED) is 0.216. The highest BCUT2D eigenvalue weighted by Crippen LogP contribution is 2.57. The summed E-state index contributed by atoms with van der Waals surface area (Å²) >= 11 is 8.98. The number of anilines is 1. The van der Waals surface area contributed by atoms with E-state index in [2.05, 4.69) is 22.6 Å². The van der Waals surface area contributed by atoms with E-state index >= 15 is 0 Å². The Kier molecular flexibility index (Phi) is 6.43. The molecular weight excluding hydrogens is 615 g/mol. The molecule has 0 saturated heterocycles. The Labute approximate surface area is 227 Å². The SMILES string of the molecule is Cc1ccc(S(=O)(=O)N2c3ccccc3C(Cl)=C(I)C2(c2ccc(F)cc2)c2ccc(F)cc2)cc1. The van der Waals surface area contributed by atoms with Crippen LogP contribution in [0.2, 0.25) is 0 Å². The fourth-order valence-corrected chi connectivity index (χ4v) is 7.93. The number of fused-ring (bicyclic) bond motifs is 1. The van der Waals surface area contributed by atoms with Crippen LogP contribution in [0.25, 0.3) is 5.03 Å². The van der Waals surface area contributed by atoms with Gasteiger partial charge < -0.3 is 0 Å². The average Bonchev–Trinajstić information content (AvgIpc) is 2.87. The van der Waals surface area contributed by atoms with Crippen LogP contribution in [-0.2, 0) is 15.6 Å². The number of aryl methyl sites for hydroxylation is 1. The van der Waals surface area contributed by atoms with E-state index in [-0.39, 0.29) is 4.90 Å². The second-order valence-corrected chi connectivity index (χ2v) is 11.7. The van der Waals surface area contributed by atoms with E-state index in [4.69, 9.17) is 11.6 Å². The Morgan fingerprint density at radius 3 is 1.81 bits per heavy atom. The Balaban J connectivity index is 1.96. The third kappa shape index (κ3) is 3.84. The van der Waals surface area contributed by atoms with Crippen LogP contribution >= 0.6 is 34.2 Å². The number of halogens is 4. The van der Waals surface area contributed by atoms with Crippen LogP contribution in [0.5, 0.6) is 0 Å². The molecule has 36 heavy (non-hydrogen) atoms. The first-order chi connectivity index (χ1) is 17.2. The summed E-state index contributed by atoms with van der Waals surface area (Å²) in [7, 11) is -4.22. The standard InChI is InChI=1S/C28H19ClF2INO2S/c1-18-6-16-23(17-7-18)36(34,35)33-25-5-3-2-4-24(25)26(29)27(32)28(33,19-8-12-21(30)13-9-19)20-10-14-22(31)15-11-20/h2-17H,1H3. The maximum atomic E-state index is 14.5.